The maximum Gasteiger partial charge on any atom is 0.338 e. The highest BCUT2D eigenvalue weighted by atomic mass is 16.5. The van der Waals surface area contributed by atoms with E-state index in [2.05, 4.69) is 5.32 Å². The lowest BCUT2D eigenvalue weighted by Crippen LogP contribution is -2.30. The van der Waals surface area contributed by atoms with Crippen LogP contribution >= 0.6 is 0 Å². The van der Waals surface area contributed by atoms with Crippen LogP contribution in [0.25, 0.3) is 0 Å². The predicted octanol–water partition coefficient (Wildman–Crippen LogP) is 3.96. The van der Waals surface area contributed by atoms with Crippen LogP contribution in [0.4, 0.5) is 11.4 Å². The number of anilines is 2. The molecule has 0 saturated carbocycles. The fourth-order valence-electron chi connectivity index (χ4n) is 3.99. The minimum Gasteiger partial charge on any atom is -0.459 e. The van der Waals surface area contributed by atoms with Gasteiger partial charge in [-0.3, -0.25) is 19.3 Å². The standard InChI is InChI=1S/C25H24N2O5/c1-15(2)32-25(31)17-7-11-18(12-8-17)26-22(28)16-9-13-19(14-10-16)27-23(29)20-5-3-4-6-21(20)24(27)30/h3-4,7-15,20-21H,5-6H2,1-2H3,(H,26,28). The zero-order valence-electron chi connectivity index (χ0n) is 17.9. The molecular weight excluding hydrogens is 408 g/mol. The van der Waals surface area contributed by atoms with Gasteiger partial charge in [-0.05, 0) is 75.2 Å². The summed E-state index contributed by atoms with van der Waals surface area (Å²) < 4.78 is 5.14. The second-order valence-corrected chi connectivity index (χ2v) is 8.20. The molecule has 1 N–H and O–H groups in total. The number of carbonyl (C=O) groups excluding carboxylic acids is 4. The molecule has 2 unspecified atom stereocenters. The van der Waals surface area contributed by atoms with E-state index in [4.69, 9.17) is 4.74 Å². The summed E-state index contributed by atoms with van der Waals surface area (Å²) in [6, 6.07) is 12.8. The second kappa shape index (κ2) is 8.78. The van der Waals surface area contributed by atoms with Gasteiger partial charge in [-0.15, -0.1) is 0 Å². The fraction of sp³-hybridized carbons (Fsp3) is 0.280. The Hall–Kier alpha value is -3.74. The monoisotopic (exact) mass is 432 g/mol. The summed E-state index contributed by atoms with van der Waals surface area (Å²) in [7, 11) is 0. The number of hydrogen-bond donors (Lipinski definition) is 1. The SMILES string of the molecule is CC(C)OC(=O)c1ccc(NC(=O)c2ccc(N3C(=O)C4CC=CCC4C3=O)cc2)cc1. The Kier molecular flexibility index (Phi) is 5.90. The number of fused-ring (bicyclic) bond motifs is 1. The number of amides is 3. The number of allylic oxidation sites excluding steroid dienone is 2. The largest absolute Gasteiger partial charge is 0.459 e. The van der Waals surface area contributed by atoms with Gasteiger partial charge in [0.2, 0.25) is 11.8 Å². The molecule has 0 spiro atoms. The van der Waals surface area contributed by atoms with Crippen molar-refractivity contribution in [3.8, 4) is 0 Å². The molecule has 2 aromatic carbocycles. The summed E-state index contributed by atoms with van der Waals surface area (Å²) in [6.07, 6.45) is 4.85. The predicted molar refractivity (Wildman–Crippen MR) is 119 cm³/mol. The normalized spacial score (nSPS) is 19.8. The Morgan fingerprint density at radius 2 is 1.41 bits per heavy atom. The van der Waals surface area contributed by atoms with Crippen LogP contribution in [0.3, 0.4) is 0 Å². The first kappa shape index (κ1) is 21.5. The molecular formula is C25H24N2O5. The van der Waals surface area contributed by atoms with Crippen molar-refractivity contribution in [3.63, 3.8) is 0 Å². The number of nitrogens with zero attached hydrogens (tertiary/aromatic N) is 1. The molecule has 7 heteroatoms. The third kappa shape index (κ3) is 4.19. The smallest absolute Gasteiger partial charge is 0.338 e. The fourth-order valence-corrected chi connectivity index (χ4v) is 3.99. The molecule has 32 heavy (non-hydrogen) atoms. The summed E-state index contributed by atoms with van der Waals surface area (Å²) in [5, 5.41) is 2.77. The molecule has 1 aliphatic carbocycles. The number of nitrogens with one attached hydrogen (secondary N) is 1. The van der Waals surface area contributed by atoms with Crippen LogP contribution in [0.1, 0.15) is 47.4 Å². The van der Waals surface area contributed by atoms with Crippen LogP contribution < -0.4 is 10.2 Å². The van der Waals surface area contributed by atoms with Crippen LogP contribution in [0.5, 0.6) is 0 Å². The molecule has 0 aromatic heterocycles. The first-order valence-electron chi connectivity index (χ1n) is 10.6. The summed E-state index contributed by atoms with van der Waals surface area (Å²) in [5.74, 6) is -1.72. The number of hydrogen-bond acceptors (Lipinski definition) is 5. The molecule has 3 amide bonds. The van der Waals surface area contributed by atoms with E-state index in [0.717, 1.165) is 0 Å². The molecule has 1 fully saturated rings. The quantitative estimate of drug-likeness (QED) is 0.439. The van der Waals surface area contributed by atoms with Crippen LogP contribution in [0, 0.1) is 11.8 Å². The molecule has 1 heterocycles. The van der Waals surface area contributed by atoms with Crippen molar-refractivity contribution in [1.82, 2.24) is 0 Å². The van der Waals surface area contributed by atoms with Crippen molar-refractivity contribution in [2.45, 2.75) is 32.8 Å². The lowest BCUT2D eigenvalue weighted by Gasteiger charge is -2.15. The highest BCUT2D eigenvalue weighted by molar-refractivity contribution is 6.22. The van der Waals surface area contributed by atoms with Crippen molar-refractivity contribution in [2.24, 2.45) is 11.8 Å². The lowest BCUT2D eigenvalue weighted by atomic mass is 9.85. The van der Waals surface area contributed by atoms with E-state index in [1.165, 1.54) is 4.90 Å². The zero-order chi connectivity index (χ0) is 22.8. The van der Waals surface area contributed by atoms with E-state index in [0.29, 0.717) is 35.3 Å². The molecule has 0 radical (unpaired) electrons. The van der Waals surface area contributed by atoms with Gasteiger partial charge in [0, 0.05) is 11.3 Å². The molecule has 2 aromatic rings. The molecule has 1 aliphatic heterocycles. The van der Waals surface area contributed by atoms with Gasteiger partial charge in [-0.2, -0.15) is 0 Å². The average Bonchev–Trinajstić information content (AvgIpc) is 3.04. The number of carbonyl (C=O) groups is 4. The van der Waals surface area contributed by atoms with E-state index in [9.17, 15) is 19.2 Å². The number of imide groups is 1. The highest BCUT2D eigenvalue weighted by Gasteiger charge is 2.47. The highest BCUT2D eigenvalue weighted by Crippen LogP contribution is 2.37. The van der Waals surface area contributed by atoms with E-state index in [-0.39, 0.29) is 35.7 Å². The molecule has 4 rings (SSSR count). The van der Waals surface area contributed by atoms with Crippen LogP contribution in [0.2, 0.25) is 0 Å². The minimum absolute atomic E-state index is 0.183. The van der Waals surface area contributed by atoms with Gasteiger partial charge in [0.1, 0.15) is 0 Å². The summed E-state index contributed by atoms with van der Waals surface area (Å²) in [6.45, 7) is 3.55. The van der Waals surface area contributed by atoms with Gasteiger partial charge in [0.05, 0.1) is 29.2 Å². The molecule has 2 atom stereocenters. The molecule has 164 valence electrons. The Labute approximate surface area is 186 Å². The van der Waals surface area contributed by atoms with Gasteiger partial charge >= 0.3 is 5.97 Å². The van der Waals surface area contributed by atoms with Gasteiger partial charge < -0.3 is 10.1 Å². The van der Waals surface area contributed by atoms with Crippen molar-refractivity contribution in [1.29, 1.82) is 0 Å². The van der Waals surface area contributed by atoms with E-state index >= 15 is 0 Å². The van der Waals surface area contributed by atoms with Crippen molar-refractivity contribution >= 4 is 35.1 Å². The third-order valence-electron chi connectivity index (χ3n) is 5.62. The Balaban J connectivity index is 1.42. The first-order chi connectivity index (χ1) is 15.3. The Morgan fingerprint density at radius 3 is 1.94 bits per heavy atom. The number of ether oxygens (including phenoxy) is 1. The van der Waals surface area contributed by atoms with E-state index < -0.39 is 5.97 Å². The maximum atomic E-state index is 12.7. The molecule has 1 saturated heterocycles. The zero-order valence-corrected chi connectivity index (χ0v) is 17.9. The summed E-state index contributed by atoms with van der Waals surface area (Å²) in [4.78, 5) is 51.1. The van der Waals surface area contributed by atoms with Gasteiger partial charge in [0.25, 0.3) is 5.91 Å². The molecule has 7 nitrogen and oxygen atoms in total. The number of benzene rings is 2. The number of rotatable bonds is 5. The van der Waals surface area contributed by atoms with Crippen LogP contribution in [0.15, 0.2) is 60.7 Å². The van der Waals surface area contributed by atoms with Crippen molar-refractivity contribution < 1.29 is 23.9 Å². The lowest BCUT2D eigenvalue weighted by molar-refractivity contribution is -0.122. The Morgan fingerprint density at radius 1 is 0.875 bits per heavy atom. The topological polar surface area (TPSA) is 92.8 Å². The van der Waals surface area contributed by atoms with Crippen molar-refractivity contribution in [2.75, 3.05) is 10.2 Å². The third-order valence-corrected chi connectivity index (χ3v) is 5.62. The second-order valence-electron chi connectivity index (χ2n) is 8.20. The van der Waals surface area contributed by atoms with E-state index in [1.807, 2.05) is 12.2 Å². The van der Waals surface area contributed by atoms with Gasteiger partial charge in [-0.25, -0.2) is 4.79 Å². The molecule has 0 bridgehead atoms. The maximum absolute atomic E-state index is 12.7. The summed E-state index contributed by atoms with van der Waals surface area (Å²) >= 11 is 0. The Bertz CT molecular complexity index is 1060. The summed E-state index contributed by atoms with van der Waals surface area (Å²) in [5.41, 5.74) is 1.78. The molecule has 2 aliphatic rings. The van der Waals surface area contributed by atoms with E-state index in [1.54, 1.807) is 62.4 Å². The van der Waals surface area contributed by atoms with Crippen LogP contribution in [-0.2, 0) is 14.3 Å². The van der Waals surface area contributed by atoms with Crippen molar-refractivity contribution in [3.05, 3.63) is 71.8 Å². The first-order valence-corrected chi connectivity index (χ1v) is 10.6. The van der Waals surface area contributed by atoms with Gasteiger partial charge in [-0.1, -0.05) is 12.2 Å². The van der Waals surface area contributed by atoms with Gasteiger partial charge in [0.15, 0.2) is 0 Å². The average molecular weight is 432 g/mol. The minimum atomic E-state index is -0.421. The number of esters is 1. The van der Waals surface area contributed by atoms with Crippen LogP contribution in [-0.4, -0.2) is 29.8 Å².